The number of anilines is 1. The maximum atomic E-state index is 13.1. The van der Waals surface area contributed by atoms with E-state index in [0.29, 0.717) is 17.4 Å². The first-order chi connectivity index (χ1) is 15.2. The fraction of sp³-hybridized carbons (Fsp3) is 0.375. The molecule has 3 aromatic rings. The molecule has 3 heterocycles. The number of rotatable bonds is 5. The summed E-state index contributed by atoms with van der Waals surface area (Å²) in [4.78, 5) is 19.9. The minimum Gasteiger partial charge on any atom is -0.379 e. The van der Waals surface area contributed by atoms with Gasteiger partial charge in [-0.2, -0.15) is 5.10 Å². The van der Waals surface area contributed by atoms with E-state index in [4.69, 9.17) is 4.74 Å². The monoisotopic (exact) mass is 417 g/mol. The molecule has 1 N–H and O–H groups in total. The standard InChI is InChI=1S/C24H27N5O2/c1-31-22-14-19-16-28(23-8-2-3-9-25-23)15-18(19)13-21(22)27-24(30)17-6-4-7-20(12-17)29-11-5-10-26-29/h2-12,18-19,21-22H,13-16H2,1H3,(H,27,30)/t18-,19+,21-,22-/m0/s1. The number of amides is 1. The lowest BCUT2D eigenvalue weighted by Gasteiger charge is -2.37. The smallest absolute Gasteiger partial charge is 0.251 e. The molecule has 1 aliphatic heterocycles. The van der Waals surface area contributed by atoms with Crippen molar-refractivity contribution in [2.45, 2.75) is 25.0 Å². The second-order valence-corrected chi connectivity index (χ2v) is 8.44. The van der Waals surface area contributed by atoms with E-state index in [-0.39, 0.29) is 18.1 Å². The van der Waals surface area contributed by atoms with Gasteiger partial charge >= 0.3 is 0 Å². The molecule has 2 fully saturated rings. The zero-order valence-electron chi connectivity index (χ0n) is 17.6. The number of aromatic nitrogens is 3. The minimum atomic E-state index is -0.0703. The molecule has 31 heavy (non-hydrogen) atoms. The van der Waals surface area contributed by atoms with Crippen LogP contribution in [0.25, 0.3) is 5.69 Å². The Balaban J connectivity index is 1.28. The Morgan fingerprint density at radius 1 is 1.06 bits per heavy atom. The molecule has 2 aromatic heterocycles. The fourth-order valence-corrected chi connectivity index (χ4v) is 5.02. The molecule has 1 saturated carbocycles. The Labute approximate surface area is 182 Å². The van der Waals surface area contributed by atoms with Crippen LogP contribution in [-0.4, -0.2) is 53.0 Å². The van der Waals surface area contributed by atoms with Crippen LogP contribution in [0.3, 0.4) is 0 Å². The fourth-order valence-electron chi connectivity index (χ4n) is 5.02. The first-order valence-electron chi connectivity index (χ1n) is 10.8. The van der Waals surface area contributed by atoms with Crippen molar-refractivity contribution in [1.29, 1.82) is 0 Å². The lowest BCUT2D eigenvalue weighted by Crippen LogP contribution is -2.50. The largest absolute Gasteiger partial charge is 0.379 e. The first kappa shape index (κ1) is 19.8. The number of benzene rings is 1. The molecule has 4 atom stereocenters. The van der Waals surface area contributed by atoms with Crippen LogP contribution in [0, 0.1) is 11.8 Å². The van der Waals surface area contributed by atoms with Crippen LogP contribution in [0.5, 0.6) is 0 Å². The van der Waals surface area contributed by atoms with Gasteiger partial charge < -0.3 is 15.0 Å². The van der Waals surface area contributed by atoms with E-state index in [1.807, 2.05) is 54.9 Å². The molecule has 1 aromatic carbocycles. The van der Waals surface area contributed by atoms with E-state index in [9.17, 15) is 4.79 Å². The number of nitrogens with zero attached hydrogens (tertiary/aromatic N) is 4. The van der Waals surface area contributed by atoms with Gasteiger partial charge in [0.25, 0.3) is 5.91 Å². The molecular formula is C24H27N5O2. The first-order valence-corrected chi connectivity index (χ1v) is 10.8. The Morgan fingerprint density at radius 3 is 2.68 bits per heavy atom. The number of ether oxygens (including phenoxy) is 1. The summed E-state index contributed by atoms with van der Waals surface area (Å²) in [6, 6.07) is 15.4. The van der Waals surface area contributed by atoms with E-state index in [0.717, 1.165) is 37.4 Å². The van der Waals surface area contributed by atoms with E-state index in [2.05, 4.69) is 26.4 Å². The second kappa shape index (κ2) is 8.51. The molecule has 1 aliphatic carbocycles. The van der Waals surface area contributed by atoms with E-state index in [1.165, 1.54) is 0 Å². The van der Waals surface area contributed by atoms with Gasteiger partial charge in [0.2, 0.25) is 0 Å². The normalized spacial score (nSPS) is 25.3. The number of hydrogen-bond acceptors (Lipinski definition) is 5. The topological polar surface area (TPSA) is 72.3 Å². The van der Waals surface area contributed by atoms with E-state index < -0.39 is 0 Å². The van der Waals surface area contributed by atoms with Crippen molar-refractivity contribution in [3.05, 3.63) is 72.7 Å². The van der Waals surface area contributed by atoms with Gasteiger partial charge in [-0.25, -0.2) is 9.67 Å². The van der Waals surface area contributed by atoms with Crippen molar-refractivity contribution in [2.75, 3.05) is 25.1 Å². The number of nitrogens with one attached hydrogen (secondary N) is 1. The summed E-state index contributed by atoms with van der Waals surface area (Å²) in [6.45, 7) is 1.97. The van der Waals surface area contributed by atoms with E-state index in [1.54, 1.807) is 18.0 Å². The number of carbonyl (C=O) groups is 1. The van der Waals surface area contributed by atoms with Gasteiger partial charge in [-0.05, 0) is 61.1 Å². The number of methoxy groups -OCH3 is 1. The summed E-state index contributed by atoms with van der Waals surface area (Å²) in [7, 11) is 1.74. The highest BCUT2D eigenvalue weighted by Crippen LogP contribution is 2.38. The molecule has 5 rings (SSSR count). The number of hydrogen-bond donors (Lipinski definition) is 1. The van der Waals surface area contributed by atoms with Crippen LogP contribution in [0.1, 0.15) is 23.2 Å². The average molecular weight is 418 g/mol. The van der Waals surface area contributed by atoms with Gasteiger partial charge in [0.05, 0.1) is 17.8 Å². The summed E-state index contributed by atoms with van der Waals surface area (Å²) >= 11 is 0. The van der Waals surface area contributed by atoms with Crippen LogP contribution >= 0.6 is 0 Å². The lowest BCUT2D eigenvalue weighted by molar-refractivity contribution is 0.0125. The highest BCUT2D eigenvalue weighted by atomic mass is 16.5. The Morgan fingerprint density at radius 2 is 1.94 bits per heavy atom. The Bertz CT molecular complexity index is 1020. The third-order valence-corrected chi connectivity index (χ3v) is 6.59. The zero-order chi connectivity index (χ0) is 21.2. The van der Waals surface area contributed by atoms with Crippen molar-refractivity contribution in [2.24, 2.45) is 11.8 Å². The molecule has 7 nitrogen and oxygen atoms in total. The molecule has 160 valence electrons. The summed E-state index contributed by atoms with van der Waals surface area (Å²) in [5, 5.41) is 7.50. The molecule has 0 radical (unpaired) electrons. The maximum Gasteiger partial charge on any atom is 0.251 e. The van der Waals surface area contributed by atoms with Crippen molar-refractivity contribution in [3.63, 3.8) is 0 Å². The van der Waals surface area contributed by atoms with Crippen molar-refractivity contribution >= 4 is 11.7 Å². The summed E-state index contributed by atoms with van der Waals surface area (Å²) < 4.78 is 7.56. The Hall–Kier alpha value is -3.19. The van der Waals surface area contributed by atoms with Gasteiger partial charge in [0.15, 0.2) is 0 Å². The predicted molar refractivity (Wildman–Crippen MR) is 118 cm³/mol. The Kier molecular flexibility index (Phi) is 5.42. The molecule has 0 unspecified atom stereocenters. The summed E-state index contributed by atoms with van der Waals surface area (Å²) in [6.07, 6.45) is 7.31. The molecule has 0 bridgehead atoms. The highest BCUT2D eigenvalue weighted by molar-refractivity contribution is 5.95. The van der Waals surface area contributed by atoms with E-state index >= 15 is 0 Å². The quantitative estimate of drug-likeness (QED) is 0.691. The van der Waals surface area contributed by atoms with Crippen LogP contribution < -0.4 is 10.2 Å². The van der Waals surface area contributed by atoms with Crippen molar-refractivity contribution in [3.8, 4) is 5.69 Å². The molecular weight excluding hydrogens is 390 g/mol. The third kappa shape index (κ3) is 4.05. The van der Waals surface area contributed by atoms with Crippen molar-refractivity contribution < 1.29 is 9.53 Å². The van der Waals surface area contributed by atoms with Gasteiger partial charge in [0, 0.05) is 44.4 Å². The van der Waals surface area contributed by atoms with Crippen LogP contribution in [0.2, 0.25) is 0 Å². The average Bonchev–Trinajstić information content (AvgIpc) is 3.49. The molecule has 0 spiro atoms. The summed E-state index contributed by atoms with van der Waals surface area (Å²) in [5.74, 6) is 2.04. The number of fused-ring (bicyclic) bond motifs is 1. The van der Waals surface area contributed by atoms with Crippen LogP contribution in [-0.2, 0) is 4.74 Å². The SMILES string of the molecule is CO[C@H]1C[C@@H]2CN(c3ccccn3)C[C@@H]2C[C@@H]1NC(=O)c1cccc(-n2cccn2)c1. The van der Waals surface area contributed by atoms with Crippen LogP contribution in [0.4, 0.5) is 5.82 Å². The van der Waals surface area contributed by atoms with Gasteiger partial charge in [-0.3, -0.25) is 4.79 Å². The summed E-state index contributed by atoms with van der Waals surface area (Å²) in [5.41, 5.74) is 1.50. The second-order valence-electron chi connectivity index (χ2n) is 8.44. The van der Waals surface area contributed by atoms with Crippen LogP contribution in [0.15, 0.2) is 67.1 Å². The minimum absolute atomic E-state index is 0.00390. The number of carbonyl (C=O) groups excluding carboxylic acids is 1. The highest BCUT2D eigenvalue weighted by Gasteiger charge is 2.43. The zero-order valence-corrected chi connectivity index (χ0v) is 17.6. The third-order valence-electron chi connectivity index (χ3n) is 6.59. The number of pyridine rings is 1. The maximum absolute atomic E-state index is 13.1. The molecule has 1 saturated heterocycles. The predicted octanol–water partition coefficient (Wildman–Crippen LogP) is 2.93. The van der Waals surface area contributed by atoms with Gasteiger partial charge in [-0.15, -0.1) is 0 Å². The molecule has 1 amide bonds. The van der Waals surface area contributed by atoms with Gasteiger partial charge in [0.1, 0.15) is 5.82 Å². The molecule has 7 heteroatoms. The van der Waals surface area contributed by atoms with Gasteiger partial charge in [-0.1, -0.05) is 12.1 Å². The molecule has 2 aliphatic rings. The lowest BCUT2D eigenvalue weighted by atomic mass is 9.77. The van der Waals surface area contributed by atoms with Crippen molar-refractivity contribution in [1.82, 2.24) is 20.1 Å².